The Morgan fingerprint density at radius 1 is 1.55 bits per heavy atom. The fraction of sp³-hybridized carbons (Fsp3) is 0.571. The lowest BCUT2D eigenvalue weighted by Crippen LogP contribution is -2.44. The fourth-order valence-electron chi connectivity index (χ4n) is 2.66. The van der Waals surface area contributed by atoms with Gasteiger partial charge >= 0.3 is 12.0 Å². The van der Waals surface area contributed by atoms with Gasteiger partial charge in [0.15, 0.2) is 0 Å². The minimum Gasteiger partial charge on any atom is -0.481 e. The van der Waals surface area contributed by atoms with Crippen LogP contribution in [0.15, 0.2) is 16.7 Å². The second-order valence-corrected chi connectivity index (χ2v) is 5.31. The molecule has 1 aromatic rings. The first-order valence-electron chi connectivity index (χ1n) is 6.69. The molecule has 2 rings (SSSR count). The van der Waals surface area contributed by atoms with Crippen molar-refractivity contribution >= 4 is 12.0 Å². The molecule has 1 N–H and O–H groups in total. The highest BCUT2D eigenvalue weighted by Gasteiger charge is 2.39. The molecule has 20 heavy (non-hydrogen) atoms. The molecule has 0 bridgehead atoms. The van der Waals surface area contributed by atoms with Gasteiger partial charge in [0.25, 0.3) is 0 Å². The Bertz CT molecular complexity index is 511. The number of aryl methyl sites for hydroxylation is 1. The van der Waals surface area contributed by atoms with Crippen molar-refractivity contribution in [1.29, 1.82) is 0 Å². The largest absolute Gasteiger partial charge is 0.481 e. The smallest absolute Gasteiger partial charge is 0.320 e. The Morgan fingerprint density at radius 3 is 2.75 bits per heavy atom. The molecular formula is C14H20N2O4. The average Bonchev–Trinajstić information content (AvgIpc) is 2.95. The summed E-state index contributed by atoms with van der Waals surface area (Å²) >= 11 is 0. The summed E-state index contributed by atoms with van der Waals surface area (Å²) in [7, 11) is 1.72. The SMILES string of the molecule is Cc1occc1CN(C)C(=O)N1CCC(C(=O)O)C1C. The van der Waals surface area contributed by atoms with Crippen LogP contribution < -0.4 is 0 Å². The molecule has 0 spiro atoms. The van der Waals surface area contributed by atoms with Gasteiger partial charge in [-0.1, -0.05) is 0 Å². The molecular weight excluding hydrogens is 260 g/mol. The standard InChI is InChI=1S/C14H20N2O4/c1-9-12(13(17)18)4-6-16(9)14(19)15(3)8-11-5-7-20-10(11)2/h5,7,9,12H,4,6,8H2,1-3H3,(H,17,18). The Labute approximate surface area is 118 Å². The number of nitrogens with zero attached hydrogens (tertiary/aromatic N) is 2. The molecule has 1 aromatic heterocycles. The van der Waals surface area contributed by atoms with Gasteiger partial charge in [-0.25, -0.2) is 4.79 Å². The summed E-state index contributed by atoms with van der Waals surface area (Å²) in [6.45, 7) is 4.60. The van der Waals surface area contributed by atoms with E-state index >= 15 is 0 Å². The van der Waals surface area contributed by atoms with Crippen molar-refractivity contribution in [2.75, 3.05) is 13.6 Å². The third-order valence-corrected chi connectivity index (χ3v) is 4.02. The lowest BCUT2D eigenvalue weighted by molar-refractivity contribution is -0.142. The summed E-state index contributed by atoms with van der Waals surface area (Å²) in [5.41, 5.74) is 0.961. The van der Waals surface area contributed by atoms with Gasteiger partial charge in [-0.05, 0) is 26.3 Å². The van der Waals surface area contributed by atoms with Gasteiger partial charge in [-0.15, -0.1) is 0 Å². The Kier molecular flexibility index (Phi) is 4.01. The first-order chi connectivity index (χ1) is 9.41. The molecule has 2 atom stereocenters. The summed E-state index contributed by atoms with van der Waals surface area (Å²) in [5.74, 6) is -0.508. The van der Waals surface area contributed by atoms with Crippen LogP contribution in [0.5, 0.6) is 0 Å². The van der Waals surface area contributed by atoms with Crippen LogP contribution in [0.4, 0.5) is 4.79 Å². The van der Waals surface area contributed by atoms with Gasteiger partial charge in [0.1, 0.15) is 5.76 Å². The quantitative estimate of drug-likeness (QED) is 0.918. The highest BCUT2D eigenvalue weighted by atomic mass is 16.4. The number of carboxylic acid groups (broad SMARTS) is 1. The van der Waals surface area contributed by atoms with Crippen LogP contribution in [0.2, 0.25) is 0 Å². The molecule has 0 radical (unpaired) electrons. The van der Waals surface area contributed by atoms with E-state index in [0.717, 1.165) is 11.3 Å². The number of amides is 2. The predicted octanol–water partition coefficient (Wildman–Crippen LogP) is 1.93. The number of aliphatic carboxylic acids is 1. The summed E-state index contributed by atoms with van der Waals surface area (Å²) in [6.07, 6.45) is 2.11. The van der Waals surface area contributed by atoms with E-state index in [1.165, 1.54) is 0 Å². The van der Waals surface area contributed by atoms with E-state index in [1.54, 1.807) is 30.0 Å². The molecule has 6 heteroatoms. The van der Waals surface area contributed by atoms with Crippen LogP contribution in [0.3, 0.4) is 0 Å². The number of likely N-dealkylation sites (tertiary alicyclic amines) is 1. The Hall–Kier alpha value is -1.98. The van der Waals surface area contributed by atoms with Crippen LogP contribution in [-0.2, 0) is 11.3 Å². The van der Waals surface area contributed by atoms with E-state index in [0.29, 0.717) is 19.5 Å². The van der Waals surface area contributed by atoms with E-state index in [2.05, 4.69) is 0 Å². The number of carbonyl (C=O) groups is 2. The molecule has 1 fully saturated rings. The number of furan rings is 1. The van der Waals surface area contributed by atoms with Crippen LogP contribution in [0.25, 0.3) is 0 Å². The lowest BCUT2D eigenvalue weighted by atomic mass is 10.0. The molecule has 1 aliphatic rings. The highest BCUT2D eigenvalue weighted by Crippen LogP contribution is 2.25. The predicted molar refractivity (Wildman–Crippen MR) is 72.2 cm³/mol. The van der Waals surface area contributed by atoms with Crippen molar-refractivity contribution in [1.82, 2.24) is 9.80 Å². The van der Waals surface area contributed by atoms with Gasteiger partial charge in [-0.2, -0.15) is 0 Å². The molecule has 0 aromatic carbocycles. The van der Waals surface area contributed by atoms with Crippen LogP contribution in [0.1, 0.15) is 24.7 Å². The van der Waals surface area contributed by atoms with Crippen molar-refractivity contribution in [3.63, 3.8) is 0 Å². The molecule has 1 aliphatic heterocycles. The second kappa shape index (κ2) is 5.56. The monoisotopic (exact) mass is 280 g/mol. The minimum absolute atomic E-state index is 0.137. The first-order valence-corrected chi connectivity index (χ1v) is 6.69. The minimum atomic E-state index is -0.832. The second-order valence-electron chi connectivity index (χ2n) is 5.31. The van der Waals surface area contributed by atoms with Crippen molar-refractivity contribution in [3.05, 3.63) is 23.7 Å². The molecule has 6 nitrogen and oxygen atoms in total. The molecule has 2 amide bonds. The zero-order chi connectivity index (χ0) is 14.9. The molecule has 0 saturated carbocycles. The number of hydrogen-bond acceptors (Lipinski definition) is 3. The van der Waals surface area contributed by atoms with E-state index in [1.807, 2.05) is 13.0 Å². The van der Waals surface area contributed by atoms with Crippen LogP contribution in [0, 0.1) is 12.8 Å². The number of carbonyl (C=O) groups excluding carboxylic acids is 1. The number of rotatable bonds is 3. The van der Waals surface area contributed by atoms with Gasteiger partial charge in [0.2, 0.25) is 0 Å². The maximum absolute atomic E-state index is 12.4. The summed E-state index contributed by atoms with van der Waals surface area (Å²) in [4.78, 5) is 26.7. The number of carboxylic acids is 1. The van der Waals surface area contributed by atoms with Crippen LogP contribution in [-0.4, -0.2) is 46.5 Å². The van der Waals surface area contributed by atoms with Crippen molar-refractivity contribution < 1.29 is 19.1 Å². The van der Waals surface area contributed by atoms with E-state index in [9.17, 15) is 9.59 Å². The maximum Gasteiger partial charge on any atom is 0.320 e. The maximum atomic E-state index is 12.4. The summed E-state index contributed by atoms with van der Waals surface area (Å²) < 4.78 is 5.21. The topological polar surface area (TPSA) is 74.0 Å². The molecule has 110 valence electrons. The third kappa shape index (κ3) is 2.64. The van der Waals surface area contributed by atoms with Crippen molar-refractivity contribution in [2.24, 2.45) is 5.92 Å². The Balaban J connectivity index is 2.01. The summed E-state index contributed by atoms with van der Waals surface area (Å²) in [6, 6.07) is 1.43. The number of urea groups is 1. The number of hydrogen-bond donors (Lipinski definition) is 1. The molecule has 0 aliphatic carbocycles. The lowest BCUT2D eigenvalue weighted by Gasteiger charge is -2.28. The molecule has 2 heterocycles. The first kappa shape index (κ1) is 14.4. The van der Waals surface area contributed by atoms with Gasteiger partial charge < -0.3 is 19.3 Å². The van der Waals surface area contributed by atoms with E-state index in [4.69, 9.17) is 9.52 Å². The highest BCUT2D eigenvalue weighted by molar-refractivity contribution is 5.78. The third-order valence-electron chi connectivity index (χ3n) is 4.02. The average molecular weight is 280 g/mol. The van der Waals surface area contributed by atoms with Crippen molar-refractivity contribution in [2.45, 2.75) is 32.9 Å². The fourth-order valence-corrected chi connectivity index (χ4v) is 2.66. The Morgan fingerprint density at radius 2 is 2.25 bits per heavy atom. The van der Waals surface area contributed by atoms with Crippen molar-refractivity contribution in [3.8, 4) is 0 Å². The summed E-state index contributed by atoms with van der Waals surface area (Å²) in [5, 5.41) is 9.10. The van der Waals surface area contributed by atoms with Crippen LogP contribution >= 0.6 is 0 Å². The normalized spacial score (nSPS) is 22.1. The van der Waals surface area contributed by atoms with Gasteiger partial charge in [0, 0.05) is 25.2 Å². The van der Waals surface area contributed by atoms with E-state index in [-0.39, 0.29) is 12.1 Å². The zero-order valence-corrected chi connectivity index (χ0v) is 12.0. The molecule has 1 saturated heterocycles. The zero-order valence-electron chi connectivity index (χ0n) is 12.0. The van der Waals surface area contributed by atoms with Gasteiger partial charge in [-0.3, -0.25) is 4.79 Å². The van der Waals surface area contributed by atoms with Gasteiger partial charge in [0.05, 0.1) is 18.7 Å². The van der Waals surface area contributed by atoms with E-state index < -0.39 is 11.9 Å². The molecule has 2 unspecified atom stereocenters.